The molecule has 1 aromatic heterocycles. The number of hydrogen-bond acceptors (Lipinski definition) is 4. The molecule has 1 saturated carbocycles. The second-order valence-corrected chi connectivity index (χ2v) is 8.15. The van der Waals surface area contributed by atoms with Crippen LogP contribution in [0.25, 0.3) is 0 Å². The molecule has 0 bridgehead atoms. The second-order valence-electron chi connectivity index (χ2n) is 7.72. The number of carbonyl (C=O) groups excluding carboxylic acids is 2. The Balaban J connectivity index is 2.24. The van der Waals surface area contributed by atoms with Gasteiger partial charge in [-0.2, -0.15) is 13.2 Å². The largest absolute Gasteiger partial charge is 0.469 e. The number of amides is 1. The minimum atomic E-state index is -4.85. The number of rotatable bonds is 6. The van der Waals surface area contributed by atoms with Crippen LogP contribution in [0.15, 0.2) is 36.5 Å². The van der Waals surface area contributed by atoms with E-state index in [1.54, 1.807) is 0 Å². The highest BCUT2D eigenvalue weighted by Gasteiger charge is 2.43. The first-order chi connectivity index (χ1) is 15.0. The summed E-state index contributed by atoms with van der Waals surface area (Å²) >= 11 is 5.91. The summed E-state index contributed by atoms with van der Waals surface area (Å²) in [5.41, 5.74) is -3.42. The van der Waals surface area contributed by atoms with E-state index < -0.39 is 41.4 Å². The van der Waals surface area contributed by atoms with Crippen molar-refractivity contribution in [2.75, 3.05) is 7.11 Å². The fraction of sp³-hybridized carbons (Fsp3) is 0.409. The smallest absolute Gasteiger partial charge is 0.416 e. The first kappa shape index (κ1) is 24.0. The molecule has 10 heteroatoms. The van der Waals surface area contributed by atoms with Crippen LogP contribution in [0.3, 0.4) is 0 Å². The molecule has 1 amide bonds. The van der Waals surface area contributed by atoms with E-state index in [0.29, 0.717) is 25.0 Å². The summed E-state index contributed by atoms with van der Waals surface area (Å²) in [5, 5.41) is 2.95. The Kier molecular flexibility index (Phi) is 7.07. The third kappa shape index (κ3) is 5.20. The van der Waals surface area contributed by atoms with Gasteiger partial charge in [-0.25, -0.2) is 4.39 Å². The number of methoxy groups -OCH3 is 1. The minimum Gasteiger partial charge on any atom is -0.469 e. The standard InChI is InChI=1S/C22H21ClF4N2O3/c1-32-19(30)11-21(18-7-6-16(23)12-28-18,29-20(31)13-4-2-3-5-13)14-8-15(22(25,26)27)10-17(24)9-14/h6-10,12-13H,2-5,11H2,1H3,(H,29,31). The predicted octanol–water partition coefficient (Wildman–Crippen LogP) is 5.01. The van der Waals surface area contributed by atoms with E-state index >= 15 is 0 Å². The molecule has 1 heterocycles. The molecule has 1 unspecified atom stereocenters. The maximum Gasteiger partial charge on any atom is 0.416 e. The topological polar surface area (TPSA) is 68.3 Å². The number of ether oxygens (including phenoxy) is 1. The van der Waals surface area contributed by atoms with Crippen molar-refractivity contribution in [3.63, 3.8) is 0 Å². The third-order valence-corrected chi connectivity index (χ3v) is 5.81. The van der Waals surface area contributed by atoms with Crippen LogP contribution in [0.4, 0.5) is 17.6 Å². The maximum atomic E-state index is 14.4. The van der Waals surface area contributed by atoms with Gasteiger partial charge in [0.25, 0.3) is 0 Å². The molecule has 0 spiro atoms. The summed E-state index contributed by atoms with van der Waals surface area (Å²) in [7, 11) is 1.11. The Bertz CT molecular complexity index is 992. The molecule has 1 fully saturated rings. The van der Waals surface area contributed by atoms with E-state index in [1.807, 2.05) is 0 Å². The number of benzene rings is 1. The van der Waals surface area contributed by atoms with Gasteiger partial charge in [0.15, 0.2) is 0 Å². The lowest BCUT2D eigenvalue weighted by Gasteiger charge is -2.35. The van der Waals surface area contributed by atoms with Crippen LogP contribution in [-0.4, -0.2) is 24.0 Å². The number of hydrogen-bond donors (Lipinski definition) is 1. The van der Waals surface area contributed by atoms with E-state index in [0.717, 1.165) is 26.0 Å². The third-order valence-electron chi connectivity index (χ3n) is 5.58. The van der Waals surface area contributed by atoms with Crippen molar-refractivity contribution in [3.05, 3.63) is 64.2 Å². The van der Waals surface area contributed by atoms with Crippen molar-refractivity contribution in [3.8, 4) is 0 Å². The van der Waals surface area contributed by atoms with Crippen molar-refractivity contribution in [1.29, 1.82) is 0 Å². The average molecular weight is 473 g/mol. The molecule has 32 heavy (non-hydrogen) atoms. The van der Waals surface area contributed by atoms with Crippen LogP contribution in [0.5, 0.6) is 0 Å². The Morgan fingerprint density at radius 3 is 2.38 bits per heavy atom. The van der Waals surface area contributed by atoms with Crippen LogP contribution >= 0.6 is 11.6 Å². The maximum absolute atomic E-state index is 14.4. The molecule has 5 nitrogen and oxygen atoms in total. The number of alkyl halides is 3. The fourth-order valence-electron chi connectivity index (χ4n) is 3.94. The van der Waals surface area contributed by atoms with E-state index in [9.17, 15) is 27.2 Å². The lowest BCUT2D eigenvalue weighted by molar-refractivity contribution is -0.142. The van der Waals surface area contributed by atoms with E-state index in [4.69, 9.17) is 16.3 Å². The highest BCUT2D eigenvalue weighted by Crippen LogP contribution is 2.39. The van der Waals surface area contributed by atoms with Crippen LogP contribution in [0.2, 0.25) is 5.02 Å². The van der Waals surface area contributed by atoms with Gasteiger partial charge in [0, 0.05) is 12.1 Å². The SMILES string of the molecule is COC(=O)CC(NC(=O)C1CCCC1)(c1cc(F)cc(C(F)(F)F)c1)c1ccc(Cl)cn1. The van der Waals surface area contributed by atoms with Gasteiger partial charge < -0.3 is 10.1 Å². The van der Waals surface area contributed by atoms with Gasteiger partial charge in [-0.3, -0.25) is 14.6 Å². The molecule has 2 aromatic rings. The molecule has 172 valence electrons. The molecule has 0 saturated heterocycles. The molecule has 0 aliphatic heterocycles. The number of pyridine rings is 1. The van der Waals surface area contributed by atoms with E-state index in [-0.39, 0.29) is 22.2 Å². The van der Waals surface area contributed by atoms with Gasteiger partial charge in [-0.15, -0.1) is 0 Å². The molecule has 0 radical (unpaired) electrons. The monoisotopic (exact) mass is 472 g/mol. The summed E-state index contributed by atoms with van der Waals surface area (Å²) in [6, 6.07) is 4.70. The highest BCUT2D eigenvalue weighted by atomic mass is 35.5. The van der Waals surface area contributed by atoms with Crippen molar-refractivity contribution in [2.45, 2.75) is 43.8 Å². The number of aromatic nitrogens is 1. The second kappa shape index (κ2) is 9.44. The lowest BCUT2D eigenvalue weighted by atomic mass is 9.81. The number of nitrogens with zero attached hydrogens (tertiary/aromatic N) is 1. The van der Waals surface area contributed by atoms with Gasteiger partial charge in [0.2, 0.25) is 5.91 Å². The summed E-state index contributed by atoms with van der Waals surface area (Å²) in [5.74, 6) is -2.84. The molecule has 1 atom stereocenters. The number of carbonyl (C=O) groups is 2. The molecule has 1 aromatic carbocycles. The predicted molar refractivity (Wildman–Crippen MR) is 108 cm³/mol. The Hall–Kier alpha value is -2.68. The van der Waals surface area contributed by atoms with Crippen LogP contribution < -0.4 is 5.32 Å². The van der Waals surface area contributed by atoms with Gasteiger partial charge in [0.1, 0.15) is 11.4 Å². The van der Waals surface area contributed by atoms with Gasteiger partial charge in [-0.1, -0.05) is 24.4 Å². The van der Waals surface area contributed by atoms with Crippen molar-refractivity contribution in [1.82, 2.24) is 10.3 Å². The van der Waals surface area contributed by atoms with Crippen molar-refractivity contribution >= 4 is 23.5 Å². The van der Waals surface area contributed by atoms with Crippen LogP contribution in [-0.2, 0) is 26.0 Å². The number of halogens is 5. The molecular formula is C22H21ClF4N2O3. The average Bonchev–Trinajstić information content (AvgIpc) is 3.27. The quantitative estimate of drug-likeness (QED) is 0.474. The van der Waals surface area contributed by atoms with Gasteiger partial charge in [0.05, 0.1) is 29.8 Å². The number of esters is 1. The first-order valence-electron chi connectivity index (χ1n) is 9.94. The summed E-state index contributed by atoms with van der Waals surface area (Å²) in [4.78, 5) is 29.6. The van der Waals surface area contributed by atoms with Crippen LogP contribution in [0, 0.1) is 11.7 Å². The normalized spacial score (nSPS) is 16.4. The summed E-state index contributed by atoms with van der Waals surface area (Å²) in [6.45, 7) is 0. The highest BCUT2D eigenvalue weighted by molar-refractivity contribution is 6.30. The zero-order chi connectivity index (χ0) is 23.5. The Morgan fingerprint density at radius 1 is 1.16 bits per heavy atom. The zero-order valence-corrected chi connectivity index (χ0v) is 17.9. The van der Waals surface area contributed by atoms with E-state index in [2.05, 4.69) is 10.3 Å². The lowest BCUT2D eigenvalue weighted by Crippen LogP contribution is -2.50. The zero-order valence-electron chi connectivity index (χ0n) is 17.1. The fourth-order valence-corrected chi connectivity index (χ4v) is 4.05. The molecular weight excluding hydrogens is 452 g/mol. The molecule has 1 aliphatic carbocycles. The number of nitrogens with one attached hydrogen (secondary N) is 1. The van der Waals surface area contributed by atoms with Crippen molar-refractivity contribution in [2.24, 2.45) is 5.92 Å². The Labute approximate surface area is 187 Å². The summed E-state index contributed by atoms with van der Waals surface area (Å²) in [6.07, 6.45) is -1.35. The molecule has 1 aliphatic rings. The van der Waals surface area contributed by atoms with Gasteiger partial charge in [-0.05, 0) is 48.7 Å². The van der Waals surface area contributed by atoms with E-state index in [1.165, 1.54) is 18.3 Å². The minimum absolute atomic E-state index is 0.0253. The Morgan fingerprint density at radius 2 is 1.81 bits per heavy atom. The van der Waals surface area contributed by atoms with Crippen molar-refractivity contribution < 1.29 is 31.9 Å². The van der Waals surface area contributed by atoms with Gasteiger partial charge >= 0.3 is 12.1 Å². The molecule has 1 N–H and O–H groups in total. The first-order valence-corrected chi connectivity index (χ1v) is 10.3. The summed E-state index contributed by atoms with van der Waals surface area (Å²) < 4.78 is 59.5. The molecule has 3 rings (SSSR count). The van der Waals surface area contributed by atoms with Crippen LogP contribution in [0.1, 0.15) is 48.9 Å².